The van der Waals surface area contributed by atoms with E-state index in [1.807, 2.05) is 60.7 Å². The molecule has 0 saturated carbocycles. The molecule has 0 spiro atoms. The van der Waals surface area contributed by atoms with E-state index >= 15 is 0 Å². The van der Waals surface area contributed by atoms with Crippen LogP contribution in [-0.4, -0.2) is 63.4 Å². The van der Waals surface area contributed by atoms with Crippen LogP contribution >= 0.6 is 11.6 Å². The van der Waals surface area contributed by atoms with Gasteiger partial charge < -0.3 is 14.5 Å². The topological polar surface area (TPSA) is 67.7 Å². The number of hydrogen-bond donors (Lipinski definition) is 0. The molecule has 2 saturated heterocycles. The number of nitrogens with zero attached hydrogens (tertiary/aromatic N) is 4. The molecule has 5 rings (SSSR count). The zero-order valence-electron chi connectivity index (χ0n) is 22.3. The fourth-order valence-electron chi connectivity index (χ4n) is 5.50. The number of hydrogen-bond acceptors (Lipinski definition) is 4. The van der Waals surface area contributed by atoms with Crippen LogP contribution in [-0.2, 0) is 4.74 Å². The second-order valence-corrected chi connectivity index (χ2v) is 11.7. The van der Waals surface area contributed by atoms with Gasteiger partial charge in [0.05, 0.1) is 23.1 Å². The molecule has 3 aromatic rings. The monoisotopic (exact) mass is 534 g/mol. The molecule has 2 aliphatic heterocycles. The minimum atomic E-state index is -0.536. The second kappa shape index (κ2) is 10.8. The Bertz CT molecular complexity index is 1290. The van der Waals surface area contributed by atoms with E-state index in [-0.39, 0.29) is 17.9 Å². The van der Waals surface area contributed by atoms with Crippen molar-refractivity contribution in [1.29, 1.82) is 0 Å². The van der Waals surface area contributed by atoms with Crippen molar-refractivity contribution in [3.05, 3.63) is 82.6 Å². The molecule has 0 radical (unpaired) electrons. The van der Waals surface area contributed by atoms with Gasteiger partial charge >= 0.3 is 6.09 Å². The largest absolute Gasteiger partial charge is 0.444 e. The summed E-state index contributed by atoms with van der Waals surface area (Å²) in [5.74, 6) is 0.423. The molecule has 3 heterocycles. The molecular weight excluding hydrogens is 500 g/mol. The summed E-state index contributed by atoms with van der Waals surface area (Å²) in [6.07, 6.45) is 3.80. The van der Waals surface area contributed by atoms with Gasteiger partial charge in [0.2, 0.25) is 0 Å². The third-order valence-electron chi connectivity index (χ3n) is 7.37. The first-order valence-electron chi connectivity index (χ1n) is 13.4. The Balaban J connectivity index is 1.40. The minimum absolute atomic E-state index is 0.0151. The number of rotatable bonds is 4. The molecule has 2 fully saturated rings. The van der Waals surface area contributed by atoms with Crippen molar-refractivity contribution < 1.29 is 14.3 Å². The summed E-state index contributed by atoms with van der Waals surface area (Å²) in [5.41, 5.74) is 3.09. The summed E-state index contributed by atoms with van der Waals surface area (Å²) < 4.78 is 7.44. The van der Waals surface area contributed by atoms with Gasteiger partial charge in [0, 0.05) is 43.0 Å². The maximum Gasteiger partial charge on any atom is 0.410 e. The molecule has 0 unspecified atom stereocenters. The Kier molecular flexibility index (Phi) is 7.48. The van der Waals surface area contributed by atoms with Gasteiger partial charge in [-0.2, -0.15) is 5.10 Å². The highest BCUT2D eigenvalue weighted by Gasteiger charge is 2.35. The lowest BCUT2D eigenvalue weighted by atomic mass is 9.90. The van der Waals surface area contributed by atoms with Gasteiger partial charge in [-0.3, -0.25) is 4.79 Å². The number of likely N-dealkylation sites (tertiary alicyclic amines) is 2. The molecule has 0 aliphatic carbocycles. The maximum atomic E-state index is 13.9. The quantitative estimate of drug-likeness (QED) is 0.395. The van der Waals surface area contributed by atoms with Crippen LogP contribution in [0.15, 0.2) is 60.8 Å². The molecule has 7 nitrogen and oxygen atoms in total. The first-order chi connectivity index (χ1) is 18.2. The van der Waals surface area contributed by atoms with Crippen molar-refractivity contribution in [3.8, 4) is 5.69 Å². The summed E-state index contributed by atoms with van der Waals surface area (Å²) in [7, 11) is 0. The van der Waals surface area contributed by atoms with Crippen molar-refractivity contribution >= 4 is 23.6 Å². The third-order valence-corrected chi connectivity index (χ3v) is 7.60. The maximum absolute atomic E-state index is 13.9. The number of ether oxygens (including phenoxy) is 1. The van der Waals surface area contributed by atoms with E-state index in [0.29, 0.717) is 36.1 Å². The Labute approximate surface area is 229 Å². The number of halogens is 1. The van der Waals surface area contributed by atoms with Gasteiger partial charge in [-0.1, -0.05) is 48.0 Å². The standard InChI is InChI=1S/C30H35ClN4O3/c1-30(2,3)38-29(37)33-15-12-22(13-16-33)27-26(19-32-35(27)25-11-7-10-24(31)18-25)28(36)34-17-14-23(20-34)21-8-5-4-6-9-21/h4-11,18-19,22-23H,12-17,20H2,1-3H3/t23-/m0/s1. The smallest absolute Gasteiger partial charge is 0.410 e. The fourth-order valence-corrected chi connectivity index (χ4v) is 5.69. The van der Waals surface area contributed by atoms with Crippen molar-refractivity contribution in [1.82, 2.24) is 19.6 Å². The van der Waals surface area contributed by atoms with E-state index in [2.05, 4.69) is 29.4 Å². The number of carbonyl (C=O) groups is 2. The van der Waals surface area contributed by atoms with E-state index in [9.17, 15) is 9.59 Å². The molecule has 38 heavy (non-hydrogen) atoms. The summed E-state index contributed by atoms with van der Waals surface area (Å²) >= 11 is 6.31. The Hall–Kier alpha value is -3.32. The van der Waals surface area contributed by atoms with Crippen molar-refractivity contribution in [2.24, 2.45) is 0 Å². The number of amides is 2. The molecular formula is C30H35ClN4O3. The predicted molar refractivity (Wildman–Crippen MR) is 148 cm³/mol. The molecule has 1 atom stereocenters. The van der Waals surface area contributed by atoms with Gasteiger partial charge in [0.1, 0.15) is 5.60 Å². The van der Waals surface area contributed by atoms with Crippen molar-refractivity contribution in [3.63, 3.8) is 0 Å². The normalized spacial score (nSPS) is 18.6. The molecule has 8 heteroatoms. The van der Waals surface area contributed by atoms with E-state index in [4.69, 9.17) is 16.3 Å². The zero-order valence-corrected chi connectivity index (χ0v) is 23.0. The zero-order chi connectivity index (χ0) is 26.9. The molecule has 200 valence electrons. The predicted octanol–water partition coefficient (Wildman–Crippen LogP) is 6.27. The summed E-state index contributed by atoms with van der Waals surface area (Å²) in [6.45, 7) is 8.17. The Morgan fingerprint density at radius 3 is 2.29 bits per heavy atom. The lowest BCUT2D eigenvalue weighted by molar-refractivity contribution is 0.0203. The SMILES string of the molecule is CC(C)(C)OC(=O)N1CCC(c2c(C(=O)N3CC[C@H](c4ccccc4)C3)cnn2-c2cccc(Cl)c2)CC1. The van der Waals surface area contributed by atoms with Crippen LogP contribution < -0.4 is 0 Å². The Morgan fingerprint density at radius 1 is 0.921 bits per heavy atom. The highest BCUT2D eigenvalue weighted by molar-refractivity contribution is 6.30. The van der Waals surface area contributed by atoms with Crippen LogP contribution in [0.5, 0.6) is 0 Å². The molecule has 0 N–H and O–H groups in total. The average Bonchev–Trinajstić information content (AvgIpc) is 3.56. The lowest BCUT2D eigenvalue weighted by Gasteiger charge is -2.34. The highest BCUT2D eigenvalue weighted by Crippen LogP contribution is 2.35. The second-order valence-electron chi connectivity index (χ2n) is 11.2. The van der Waals surface area contributed by atoms with E-state index in [1.54, 1.807) is 11.1 Å². The highest BCUT2D eigenvalue weighted by atomic mass is 35.5. The van der Waals surface area contributed by atoms with Crippen molar-refractivity contribution in [2.45, 2.75) is 57.5 Å². The van der Waals surface area contributed by atoms with Crippen LogP contribution in [0.2, 0.25) is 5.02 Å². The number of benzene rings is 2. The summed E-state index contributed by atoms with van der Waals surface area (Å²) in [5, 5.41) is 5.29. The number of aromatic nitrogens is 2. The van der Waals surface area contributed by atoms with Gasteiger partial charge in [0.25, 0.3) is 5.91 Å². The van der Waals surface area contributed by atoms with E-state index < -0.39 is 5.60 Å². The lowest BCUT2D eigenvalue weighted by Crippen LogP contribution is -2.41. The first-order valence-corrected chi connectivity index (χ1v) is 13.7. The van der Waals surface area contributed by atoms with Crippen LogP contribution in [0.25, 0.3) is 5.69 Å². The molecule has 2 aliphatic rings. The number of piperidine rings is 1. The first kappa shape index (κ1) is 26.3. The van der Waals surface area contributed by atoms with Crippen LogP contribution in [0, 0.1) is 0 Å². The van der Waals surface area contributed by atoms with Gasteiger partial charge in [-0.15, -0.1) is 0 Å². The number of carbonyl (C=O) groups excluding carboxylic acids is 2. The minimum Gasteiger partial charge on any atom is -0.444 e. The molecule has 0 bridgehead atoms. The van der Waals surface area contributed by atoms with Gasteiger partial charge in [0.15, 0.2) is 0 Å². The Morgan fingerprint density at radius 2 is 1.61 bits per heavy atom. The average molecular weight is 535 g/mol. The van der Waals surface area contributed by atoms with Crippen LogP contribution in [0.1, 0.15) is 73.5 Å². The third kappa shape index (κ3) is 5.73. The van der Waals surface area contributed by atoms with Crippen LogP contribution in [0.4, 0.5) is 4.79 Å². The molecule has 1 aromatic heterocycles. The van der Waals surface area contributed by atoms with Crippen molar-refractivity contribution in [2.75, 3.05) is 26.2 Å². The van der Waals surface area contributed by atoms with Crippen LogP contribution in [0.3, 0.4) is 0 Å². The van der Waals surface area contributed by atoms with Gasteiger partial charge in [-0.25, -0.2) is 9.48 Å². The fraction of sp³-hybridized carbons (Fsp3) is 0.433. The summed E-state index contributed by atoms with van der Waals surface area (Å²) in [6, 6.07) is 17.9. The van der Waals surface area contributed by atoms with Gasteiger partial charge in [-0.05, 0) is 63.8 Å². The van der Waals surface area contributed by atoms with E-state index in [1.165, 1.54) is 5.56 Å². The molecule has 2 aromatic carbocycles. The molecule has 2 amide bonds. The van der Waals surface area contributed by atoms with E-state index in [0.717, 1.165) is 37.2 Å². The summed E-state index contributed by atoms with van der Waals surface area (Å²) in [4.78, 5) is 30.2.